The van der Waals surface area contributed by atoms with Gasteiger partial charge in [-0.3, -0.25) is 0 Å². The highest BCUT2D eigenvalue weighted by molar-refractivity contribution is 9.10. The van der Waals surface area contributed by atoms with Crippen molar-refractivity contribution in [1.29, 1.82) is 0 Å². The molecular formula is C21H19BrClN3O5. The van der Waals surface area contributed by atoms with Crippen molar-refractivity contribution in [3.63, 3.8) is 0 Å². The van der Waals surface area contributed by atoms with E-state index < -0.39 is 6.10 Å². The largest absolute Gasteiger partial charge is 0.493 e. The highest BCUT2D eigenvalue weighted by Gasteiger charge is 2.48. The topological polar surface area (TPSA) is 95.0 Å². The molecule has 1 unspecified atom stereocenters. The molecule has 0 amide bonds. The van der Waals surface area contributed by atoms with Gasteiger partial charge in [0.1, 0.15) is 30.5 Å². The zero-order chi connectivity index (χ0) is 21.5. The molecule has 0 bridgehead atoms. The first-order chi connectivity index (χ1) is 15.0. The summed E-state index contributed by atoms with van der Waals surface area (Å²) in [5.41, 5.74) is 1.47. The number of halogens is 2. The first-order valence-corrected chi connectivity index (χ1v) is 10.8. The van der Waals surface area contributed by atoms with E-state index in [9.17, 15) is 5.11 Å². The molecule has 5 rings (SSSR count). The fourth-order valence-corrected chi connectivity index (χ4v) is 4.26. The number of aliphatic hydroxyl groups excluding tert-OH is 1. The lowest BCUT2D eigenvalue weighted by Crippen LogP contribution is -2.34. The summed E-state index contributed by atoms with van der Waals surface area (Å²) in [5, 5.41) is 14.6. The third-order valence-electron chi connectivity index (χ3n) is 5.36. The quantitative estimate of drug-likeness (QED) is 0.539. The minimum atomic E-state index is -0.634. The number of fused-ring (bicyclic) bond motifs is 2. The number of benzene rings is 2. The average molecular weight is 509 g/mol. The lowest BCUT2D eigenvalue weighted by atomic mass is 10.1. The summed E-state index contributed by atoms with van der Waals surface area (Å²) in [7, 11) is 1.57. The van der Waals surface area contributed by atoms with Crippen LogP contribution in [0.15, 0.2) is 41.1 Å². The van der Waals surface area contributed by atoms with Gasteiger partial charge in [0.2, 0.25) is 0 Å². The number of aliphatic hydroxyl groups is 1. The van der Waals surface area contributed by atoms with Crippen LogP contribution in [0.1, 0.15) is 0 Å². The monoisotopic (exact) mass is 507 g/mol. The van der Waals surface area contributed by atoms with E-state index in [-0.39, 0.29) is 24.9 Å². The van der Waals surface area contributed by atoms with Gasteiger partial charge in [0.05, 0.1) is 30.9 Å². The molecule has 162 valence electrons. The molecule has 0 radical (unpaired) electrons. The predicted octanol–water partition coefficient (Wildman–Crippen LogP) is 3.70. The molecule has 0 spiro atoms. The number of nitrogens with one attached hydrogen (secondary N) is 1. The van der Waals surface area contributed by atoms with Crippen molar-refractivity contribution < 1.29 is 24.1 Å². The van der Waals surface area contributed by atoms with Crippen molar-refractivity contribution in [2.75, 3.05) is 25.6 Å². The second-order valence-electron chi connectivity index (χ2n) is 7.32. The molecule has 2 fully saturated rings. The molecule has 4 atom stereocenters. The van der Waals surface area contributed by atoms with E-state index >= 15 is 0 Å². The van der Waals surface area contributed by atoms with E-state index in [1.807, 2.05) is 18.2 Å². The van der Waals surface area contributed by atoms with Crippen molar-refractivity contribution >= 4 is 49.9 Å². The Hall–Kier alpha value is -2.17. The van der Waals surface area contributed by atoms with Gasteiger partial charge in [-0.2, -0.15) is 0 Å². The summed E-state index contributed by atoms with van der Waals surface area (Å²) in [6, 6.07) is 9.19. The fourth-order valence-electron chi connectivity index (χ4n) is 3.83. The highest BCUT2D eigenvalue weighted by Crippen LogP contribution is 2.38. The van der Waals surface area contributed by atoms with E-state index in [1.54, 1.807) is 19.2 Å². The molecule has 2 aromatic carbocycles. The van der Waals surface area contributed by atoms with Crippen LogP contribution >= 0.6 is 27.5 Å². The van der Waals surface area contributed by atoms with Crippen LogP contribution in [0.2, 0.25) is 5.02 Å². The Morgan fingerprint density at radius 3 is 2.77 bits per heavy atom. The number of rotatable bonds is 5. The van der Waals surface area contributed by atoms with Gasteiger partial charge in [0.15, 0.2) is 17.6 Å². The summed E-state index contributed by atoms with van der Waals surface area (Å²) in [6.07, 6.45) is -0.192. The third kappa shape index (κ3) is 3.92. The van der Waals surface area contributed by atoms with E-state index in [0.717, 1.165) is 15.5 Å². The molecule has 2 saturated heterocycles. The smallest absolute Gasteiger partial charge is 0.164 e. The van der Waals surface area contributed by atoms with Crippen molar-refractivity contribution in [2.45, 2.75) is 24.4 Å². The average Bonchev–Trinajstić information content (AvgIpc) is 3.34. The molecule has 8 nitrogen and oxygen atoms in total. The number of anilines is 2. The molecular weight excluding hydrogens is 490 g/mol. The number of methoxy groups -OCH3 is 1. The normalized spacial score (nSPS) is 24.9. The number of hydrogen-bond donors (Lipinski definition) is 2. The number of aromatic nitrogens is 2. The van der Waals surface area contributed by atoms with Crippen LogP contribution in [-0.4, -0.2) is 59.8 Å². The van der Waals surface area contributed by atoms with E-state index in [4.69, 9.17) is 30.5 Å². The number of hydrogen-bond acceptors (Lipinski definition) is 8. The van der Waals surface area contributed by atoms with Gasteiger partial charge >= 0.3 is 0 Å². The summed E-state index contributed by atoms with van der Waals surface area (Å²) in [5.74, 6) is 1.66. The van der Waals surface area contributed by atoms with Crippen LogP contribution in [0.5, 0.6) is 11.5 Å². The van der Waals surface area contributed by atoms with Gasteiger partial charge < -0.3 is 29.4 Å². The van der Waals surface area contributed by atoms with E-state index in [0.29, 0.717) is 34.5 Å². The summed E-state index contributed by atoms with van der Waals surface area (Å²) in [4.78, 5) is 8.75. The van der Waals surface area contributed by atoms with Crippen molar-refractivity contribution in [3.05, 3.63) is 46.2 Å². The van der Waals surface area contributed by atoms with Gasteiger partial charge in [-0.05, 0) is 40.2 Å². The lowest BCUT2D eigenvalue weighted by Gasteiger charge is -2.20. The molecule has 2 N–H and O–H groups in total. The summed E-state index contributed by atoms with van der Waals surface area (Å²) >= 11 is 9.59. The molecule has 10 heteroatoms. The van der Waals surface area contributed by atoms with Crippen LogP contribution in [0.4, 0.5) is 11.5 Å². The van der Waals surface area contributed by atoms with Gasteiger partial charge in [-0.15, -0.1) is 0 Å². The third-order valence-corrected chi connectivity index (χ3v) is 6.60. The van der Waals surface area contributed by atoms with Crippen LogP contribution in [0.25, 0.3) is 10.9 Å². The minimum Gasteiger partial charge on any atom is -0.493 e. The zero-order valence-electron chi connectivity index (χ0n) is 16.4. The van der Waals surface area contributed by atoms with Crippen molar-refractivity contribution in [1.82, 2.24) is 9.97 Å². The van der Waals surface area contributed by atoms with Gasteiger partial charge in [0.25, 0.3) is 0 Å². The standard InChI is InChI=1S/C21H19BrClN3O5/c1-28-16-5-11-14(6-17(16)31-18-8-30-19-15(27)7-29-20(18)19)24-9-25-21(11)26-10-2-3-12(22)13(23)4-10/h2-6,9,15,18-20,27H,7-8H2,1H3,(H,24,25,26)/t15-,18?,19-,20-/m0/s1. The molecule has 2 aliphatic rings. The number of nitrogens with zero attached hydrogens (tertiary/aromatic N) is 2. The Morgan fingerprint density at radius 2 is 1.97 bits per heavy atom. The minimum absolute atomic E-state index is 0.242. The van der Waals surface area contributed by atoms with E-state index in [1.165, 1.54) is 6.33 Å². The maximum atomic E-state index is 9.94. The molecule has 3 aromatic rings. The van der Waals surface area contributed by atoms with Crippen LogP contribution in [0, 0.1) is 0 Å². The predicted molar refractivity (Wildman–Crippen MR) is 118 cm³/mol. The number of ether oxygens (including phenoxy) is 4. The SMILES string of the molecule is COc1cc2c(Nc3ccc(Br)c(Cl)c3)ncnc2cc1OC1CO[C@H]2[C@@H](O)CO[C@@H]12. The highest BCUT2D eigenvalue weighted by atomic mass is 79.9. The molecule has 1 aromatic heterocycles. The Labute approximate surface area is 191 Å². The summed E-state index contributed by atoms with van der Waals surface area (Å²) in [6.45, 7) is 0.570. The Morgan fingerprint density at radius 1 is 1.13 bits per heavy atom. The van der Waals surface area contributed by atoms with Crippen LogP contribution < -0.4 is 14.8 Å². The second-order valence-corrected chi connectivity index (χ2v) is 8.58. The van der Waals surface area contributed by atoms with Gasteiger partial charge in [-0.25, -0.2) is 9.97 Å². The second kappa shape index (κ2) is 8.40. The zero-order valence-corrected chi connectivity index (χ0v) is 18.8. The Kier molecular flexibility index (Phi) is 5.61. The van der Waals surface area contributed by atoms with Gasteiger partial charge in [-0.1, -0.05) is 11.6 Å². The van der Waals surface area contributed by atoms with Crippen molar-refractivity contribution in [3.8, 4) is 11.5 Å². The molecule has 0 saturated carbocycles. The van der Waals surface area contributed by atoms with Gasteiger partial charge in [0, 0.05) is 21.6 Å². The van der Waals surface area contributed by atoms with Crippen LogP contribution in [-0.2, 0) is 9.47 Å². The van der Waals surface area contributed by atoms with E-state index in [2.05, 4.69) is 31.2 Å². The maximum Gasteiger partial charge on any atom is 0.164 e. The van der Waals surface area contributed by atoms with Crippen molar-refractivity contribution in [2.24, 2.45) is 0 Å². The molecule has 3 heterocycles. The Balaban J connectivity index is 1.45. The molecule has 0 aliphatic carbocycles. The summed E-state index contributed by atoms with van der Waals surface area (Å²) < 4.78 is 23.8. The fraction of sp³-hybridized carbons (Fsp3) is 0.333. The first-order valence-electron chi connectivity index (χ1n) is 9.66. The Bertz CT molecular complexity index is 1130. The van der Waals surface area contributed by atoms with Crippen LogP contribution in [0.3, 0.4) is 0 Å². The molecule has 2 aliphatic heterocycles. The lowest BCUT2D eigenvalue weighted by molar-refractivity contribution is 0.00823. The molecule has 31 heavy (non-hydrogen) atoms. The maximum absolute atomic E-state index is 9.94. The first kappa shape index (κ1) is 20.7.